The normalized spacial score (nSPS) is 16.3. The molecule has 1 fully saturated rings. The fourth-order valence-corrected chi connectivity index (χ4v) is 3.97. The van der Waals surface area contributed by atoms with Gasteiger partial charge in [-0.3, -0.25) is 0 Å². The molecule has 2 aromatic carbocycles. The van der Waals surface area contributed by atoms with Gasteiger partial charge in [-0.05, 0) is 69.0 Å². The van der Waals surface area contributed by atoms with E-state index in [0.717, 1.165) is 11.1 Å². The maximum Gasteiger partial charge on any atom is 0.410 e. The maximum absolute atomic E-state index is 12.5. The number of likely N-dealkylation sites (tertiary alicyclic amines) is 1. The molecule has 0 radical (unpaired) electrons. The van der Waals surface area contributed by atoms with Gasteiger partial charge in [0.05, 0.1) is 5.56 Å². The summed E-state index contributed by atoms with van der Waals surface area (Å²) in [5, 5.41) is 9.88. The Kier molecular flexibility index (Phi) is 5.90. The van der Waals surface area contributed by atoms with Crippen LogP contribution in [0.3, 0.4) is 0 Å². The molecule has 6 heteroatoms. The summed E-state index contributed by atoms with van der Waals surface area (Å²) in [5.74, 6) is -0.947. The first-order valence-electron chi connectivity index (χ1n) is 9.68. The highest BCUT2D eigenvalue weighted by Crippen LogP contribution is 2.42. The SMILES string of the molecule is CC(C)(C)OC(=O)N1CCC(c2ccc(Cl)cc2)(c2ccc(C(=O)O)cc2)CC1. The molecule has 0 bridgehead atoms. The van der Waals surface area contributed by atoms with E-state index in [2.05, 4.69) is 0 Å². The van der Waals surface area contributed by atoms with Crippen LogP contribution in [0.5, 0.6) is 0 Å². The minimum Gasteiger partial charge on any atom is -0.478 e. The van der Waals surface area contributed by atoms with Gasteiger partial charge in [0, 0.05) is 23.5 Å². The summed E-state index contributed by atoms with van der Waals surface area (Å²) in [5.41, 5.74) is 1.54. The lowest BCUT2D eigenvalue weighted by atomic mass is 9.68. The van der Waals surface area contributed by atoms with Crippen LogP contribution in [0.4, 0.5) is 4.79 Å². The zero-order valence-electron chi connectivity index (χ0n) is 16.9. The summed E-state index contributed by atoms with van der Waals surface area (Å²) in [4.78, 5) is 25.5. The van der Waals surface area contributed by atoms with E-state index in [1.165, 1.54) is 0 Å². The van der Waals surface area contributed by atoms with Crippen LogP contribution in [-0.2, 0) is 10.2 Å². The fraction of sp³-hybridized carbons (Fsp3) is 0.391. The van der Waals surface area contributed by atoms with Gasteiger partial charge in [-0.2, -0.15) is 0 Å². The first-order chi connectivity index (χ1) is 13.6. The van der Waals surface area contributed by atoms with E-state index in [9.17, 15) is 14.7 Å². The number of hydrogen-bond donors (Lipinski definition) is 1. The van der Waals surface area contributed by atoms with Gasteiger partial charge in [-0.15, -0.1) is 0 Å². The molecule has 1 saturated heterocycles. The first-order valence-corrected chi connectivity index (χ1v) is 10.1. The van der Waals surface area contributed by atoms with Gasteiger partial charge in [0.25, 0.3) is 0 Å². The molecular formula is C23H26ClNO4. The average Bonchev–Trinajstić information content (AvgIpc) is 2.67. The molecule has 0 spiro atoms. The van der Waals surface area contributed by atoms with Crippen molar-refractivity contribution in [3.8, 4) is 0 Å². The summed E-state index contributed by atoms with van der Waals surface area (Å²) in [6.07, 6.45) is 1.11. The molecule has 1 N–H and O–H groups in total. The Morgan fingerprint density at radius 3 is 1.90 bits per heavy atom. The number of piperidine rings is 1. The molecule has 1 aliphatic heterocycles. The number of nitrogens with zero attached hydrogens (tertiary/aromatic N) is 1. The molecule has 0 atom stereocenters. The molecule has 0 saturated carbocycles. The number of halogens is 1. The monoisotopic (exact) mass is 415 g/mol. The number of benzene rings is 2. The van der Waals surface area contributed by atoms with E-state index in [1.54, 1.807) is 17.0 Å². The van der Waals surface area contributed by atoms with E-state index < -0.39 is 11.6 Å². The second-order valence-electron chi connectivity index (χ2n) is 8.44. The van der Waals surface area contributed by atoms with Crippen LogP contribution in [0.15, 0.2) is 48.5 Å². The summed E-state index contributed by atoms with van der Waals surface area (Å²) in [6, 6.07) is 14.8. The Bertz CT molecular complexity index is 877. The van der Waals surface area contributed by atoms with Crippen molar-refractivity contribution in [2.24, 2.45) is 0 Å². The first kappa shape index (κ1) is 21.2. The lowest BCUT2D eigenvalue weighted by Crippen LogP contribution is -2.47. The third-order valence-corrected chi connectivity index (χ3v) is 5.60. The van der Waals surface area contributed by atoms with E-state index in [-0.39, 0.29) is 17.1 Å². The fourth-order valence-electron chi connectivity index (χ4n) is 3.84. The van der Waals surface area contributed by atoms with Gasteiger partial charge in [0.1, 0.15) is 5.60 Å². The Labute approximate surface area is 176 Å². The van der Waals surface area contributed by atoms with Gasteiger partial charge in [-0.1, -0.05) is 35.9 Å². The second kappa shape index (κ2) is 8.07. The molecule has 5 nitrogen and oxygen atoms in total. The number of carboxylic acid groups (broad SMARTS) is 1. The Balaban J connectivity index is 1.91. The predicted molar refractivity (Wildman–Crippen MR) is 113 cm³/mol. The highest BCUT2D eigenvalue weighted by Gasteiger charge is 2.40. The molecule has 154 valence electrons. The molecular weight excluding hydrogens is 390 g/mol. The topological polar surface area (TPSA) is 66.8 Å². The minimum absolute atomic E-state index is 0.256. The van der Waals surface area contributed by atoms with Crippen molar-refractivity contribution in [2.75, 3.05) is 13.1 Å². The van der Waals surface area contributed by atoms with Crippen molar-refractivity contribution in [3.05, 3.63) is 70.2 Å². The second-order valence-corrected chi connectivity index (χ2v) is 8.88. The van der Waals surface area contributed by atoms with Crippen LogP contribution in [0, 0.1) is 0 Å². The van der Waals surface area contributed by atoms with Gasteiger partial charge >= 0.3 is 12.1 Å². The number of aromatic carboxylic acids is 1. The molecule has 0 aliphatic carbocycles. The molecule has 29 heavy (non-hydrogen) atoms. The molecule has 3 rings (SSSR count). The van der Waals surface area contributed by atoms with Crippen LogP contribution in [0.25, 0.3) is 0 Å². The van der Waals surface area contributed by atoms with E-state index >= 15 is 0 Å². The molecule has 1 amide bonds. The van der Waals surface area contributed by atoms with Crippen molar-refractivity contribution >= 4 is 23.7 Å². The van der Waals surface area contributed by atoms with Gasteiger partial charge in [0.15, 0.2) is 0 Å². The van der Waals surface area contributed by atoms with Crippen molar-refractivity contribution in [2.45, 2.75) is 44.6 Å². The van der Waals surface area contributed by atoms with Crippen LogP contribution < -0.4 is 0 Å². The Hall–Kier alpha value is -2.53. The lowest BCUT2D eigenvalue weighted by Gasteiger charge is -2.43. The summed E-state index contributed by atoms with van der Waals surface area (Å²) in [7, 11) is 0. The number of carbonyl (C=O) groups excluding carboxylic acids is 1. The number of amides is 1. The quantitative estimate of drug-likeness (QED) is 0.733. The van der Waals surface area contributed by atoms with Gasteiger partial charge < -0.3 is 14.7 Å². The largest absolute Gasteiger partial charge is 0.478 e. The summed E-state index contributed by atoms with van der Waals surface area (Å²) >= 11 is 6.09. The van der Waals surface area contributed by atoms with Crippen molar-refractivity contribution in [3.63, 3.8) is 0 Å². The molecule has 1 heterocycles. The standard InChI is InChI=1S/C23H26ClNO4/c1-22(2,3)29-21(28)25-14-12-23(13-15-25,18-8-10-19(24)11-9-18)17-6-4-16(5-7-17)20(26)27/h4-11H,12-15H2,1-3H3,(H,26,27). The van der Waals surface area contributed by atoms with Gasteiger partial charge in [-0.25, -0.2) is 9.59 Å². The number of hydrogen-bond acceptors (Lipinski definition) is 3. The Morgan fingerprint density at radius 2 is 1.45 bits per heavy atom. The third-order valence-electron chi connectivity index (χ3n) is 5.35. The highest BCUT2D eigenvalue weighted by molar-refractivity contribution is 6.30. The zero-order valence-corrected chi connectivity index (χ0v) is 17.7. The van der Waals surface area contributed by atoms with Crippen molar-refractivity contribution in [1.82, 2.24) is 4.90 Å². The van der Waals surface area contributed by atoms with Crippen LogP contribution in [0.1, 0.15) is 55.1 Å². The highest BCUT2D eigenvalue weighted by atomic mass is 35.5. The van der Waals surface area contributed by atoms with Crippen LogP contribution in [-0.4, -0.2) is 40.8 Å². The predicted octanol–water partition coefficient (Wildman–Crippen LogP) is 5.36. The smallest absolute Gasteiger partial charge is 0.410 e. The Morgan fingerprint density at radius 1 is 0.966 bits per heavy atom. The molecule has 0 unspecified atom stereocenters. The number of ether oxygens (including phenoxy) is 1. The minimum atomic E-state index is -0.947. The van der Waals surface area contributed by atoms with E-state index in [4.69, 9.17) is 16.3 Å². The van der Waals surface area contributed by atoms with Crippen LogP contribution in [0.2, 0.25) is 5.02 Å². The van der Waals surface area contributed by atoms with E-state index in [0.29, 0.717) is 31.0 Å². The molecule has 1 aliphatic rings. The number of carbonyl (C=O) groups is 2. The molecule has 0 aromatic heterocycles. The molecule has 2 aromatic rings. The summed E-state index contributed by atoms with van der Waals surface area (Å²) < 4.78 is 5.52. The third kappa shape index (κ3) is 4.73. The lowest BCUT2D eigenvalue weighted by molar-refractivity contribution is 0.0179. The van der Waals surface area contributed by atoms with Crippen molar-refractivity contribution in [1.29, 1.82) is 0 Å². The van der Waals surface area contributed by atoms with Crippen molar-refractivity contribution < 1.29 is 19.4 Å². The average molecular weight is 416 g/mol. The number of rotatable bonds is 3. The zero-order chi connectivity index (χ0) is 21.2. The van der Waals surface area contributed by atoms with Gasteiger partial charge in [0.2, 0.25) is 0 Å². The maximum atomic E-state index is 12.5. The number of carboxylic acids is 1. The summed E-state index contributed by atoms with van der Waals surface area (Å²) in [6.45, 7) is 6.68. The van der Waals surface area contributed by atoms with Crippen LogP contribution >= 0.6 is 11.6 Å². The van der Waals surface area contributed by atoms with E-state index in [1.807, 2.05) is 57.2 Å².